The molecule has 0 atom stereocenters. The van der Waals surface area contributed by atoms with Crippen molar-refractivity contribution in [3.8, 4) is 0 Å². The Balaban J connectivity index is 0. The van der Waals surface area contributed by atoms with Crippen molar-refractivity contribution in [2.24, 2.45) is 0 Å². The Hall–Kier alpha value is -0.500. The van der Waals surface area contributed by atoms with E-state index in [0.717, 1.165) is 0 Å². The first-order valence-corrected chi connectivity index (χ1v) is 3.13. The first-order valence-electron chi connectivity index (χ1n) is 3.13. The molecule has 0 radical (unpaired) electrons. The Morgan fingerprint density at radius 2 is 1.89 bits per heavy atom. The van der Waals surface area contributed by atoms with Crippen molar-refractivity contribution in [3.63, 3.8) is 0 Å². The molecule has 0 spiro atoms. The quantitative estimate of drug-likeness (QED) is 0.429. The van der Waals surface area contributed by atoms with Gasteiger partial charge in [-0.05, 0) is 0 Å². The molecule has 0 aliphatic rings. The standard InChI is InChI=1S/C5H10O2.C2H6/c1-3-7-5-4-6-2;1-2/h3H,1,4-5H2,2H3;1-2H3. The maximum atomic E-state index is 4.71. The highest BCUT2D eigenvalue weighted by Gasteiger charge is 1.75. The number of methoxy groups -OCH3 is 1. The minimum atomic E-state index is 0.597. The fourth-order valence-corrected chi connectivity index (χ4v) is 0.215. The second-order valence-electron chi connectivity index (χ2n) is 1.03. The average Bonchev–Trinajstić information content (AvgIpc) is 1.94. The van der Waals surface area contributed by atoms with Gasteiger partial charge < -0.3 is 9.47 Å². The van der Waals surface area contributed by atoms with Gasteiger partial charge in [-0.3, -0.25) is 0 Å². The molecule has 0 saturated carbocycles. The van der Waals surface area contributed by atoms with Gasteiger partial charge in [0.2, 0.25) is 0 Å². The van der Waals surface area contributed by atoms with Gasteiger partial charge in [0.25, 0.3) is 0 Å². The first kappa shape index (κ1) is 11.3. The van der Waals surface area contributed by atoms with Gasteiger partial charge in [0.15, 0.2) is 0 Å². The Morgan fingerprint density at radius 3 is 2.22 bits per heavy atom. The molecule has 0 amide bonds. The van der Waals surface area contributed by atoms with E-state index in [1.54, 1.807) is 7.11 Å². The zero-order valence-corrected chi connectivity index (χ0v) is 6.52. The molecule has 0 N–H and O–H groups in total. The lowest BCUT2D eigenvalue weighted by Crippen LogP contribution is -1.95. The maximum absolute atomic E-state index is 4.71. The Kier molecular flexibility index (Phi) is 19.7. The summed E-state index contributed by atoms with van der Waals surface area (Å²) in [6.07, 6.45) is 1.40. The monoisotopic (exact) mass is 132 g/mol. The van der Waals surface area contributed by atoms with Crippen LogP contribution in [-0.4, -0.2) is 20.3 Å². The fourth-order valence-electron chi connectivity index (χ4n) is 0.215. The summed E-state index contributed by atoms with van der Waals surface area (Å²) in [5.74, 6) is 0. The van der Waals surface area contributed by atoms with Gasteiger partial charge in [-0.15, -0.1) is 0 Å². The van der Waals surface area contributed by atoms with E-state index < -0.39 is 0 Å². The molecule has 0 bridgehead atoms. The van der Waals surface area contributed by atoms with Crippen LogP contribution in [0.4, 0.5) is 0 Å². The molecular formula is C7H16O2. The van der Waals surface area contributed by atoms with E-state index in [9.17, 15) is 0 Å². The highest BCUT2D eigenvalue weighted by molar-refractivity contribution is 4.47. The van der Waals surface area contributed by atoms with E-state index in [2.05, 4.69) is 11.3 Å². The van der Waals surface area contributed by atoms with E-state index >= 15 is 0 Å². The van der Waals surface area contributed by atoms with Crippen LogP contribution in [0.5, 0.6) is 0 Å². The lowest BCUT2D eigenvalue weighted by Gasteiger charge is -1.95. The molecule has 0 aliphatic heterocycles. The van der Waals surface area contributed by atoms with Crippen LogP contribution >= 0.6 is 0 Å². The number of rotatable bonds is 4. The topological polar surface area (TPSA) is 18.5 Å². The summed E-state index contributed by atoms with van der Waals surface area (Å²) in [4.78, 5) is 0. The molecule has 0 saturated heterocycles. The number of hydrogen-bond donors (Lipinski definition) is 0. The summed E-state index contributed by atoms with van der Waals surface area (Å²) < 4.78 is 9.38. The van der Waals surface area contributed by atoms with E-state index in [-0.39, 0.29) is 0 Å². The predicted octanol–water partition coefficient (Wildman–Crippen LogP) is 1.82. The molecular weight excluding hydrogens is 116 g/mol. The van der Waals surface area contributed by atoms with Crippen LogP contribution in [0.2, 0.25) is 0 Å². The minimum Gasteiger partial charge on any atom is -0.499 e. The summed E-state index contributed by atoms with van der Waals surface area (Å²) in [5.41, 5.74) is 0. The van der Waals surface area contributed by atoms with Gasteiger partial charge in [0.1, 0.15) is 6.61 Å². The molecule has 0 unspecified atom stereocenters. The Morgan fingerprint density at radius 1 is 1.33 bits per heavy atom. The summed E-state index contributed by atoms with van der Waals surface area (Å²) in [6.45, 7) is 8.58. The molecule has 0 aromatic heterocycles. The normalized spacial score (nSPS) is 7.00. The van der Waals surface area contributed by atoms with Crippen LogP contribution < -0.4 is 0 Å². The number of ether oxygens (including phenoxy) is 2. The predicted molar refractivity (Wildman–Crippen MR) is 39.4 cm³/mol. The lowest BCUT2D eigenvalue weighted by atomic mass is 10.8. The number of hydrogen-bond acceptors (Lipinski definition) is 2. The van der Waals surface area contributed by atoms with Crippen LogP contribution in [-0.2, 0) is 9.47 Å². The molecule has 0 fully saturated rings. The third-order valence-corrected chi connectivity index (χ3v) is 0.523. The van der Waals surface area contributed by atoms with Gasteiger partial charge in [-0.2, -0.15) is 0 Å². The van der Waals surface area contributed by atoms with Crippen LogP contribution in [0.1, 0.15) is 13.8 Å². The second-order valence-corrected chi connectivity index (χ2v) is 1.03. The van der Waals surface area contributed by atoms with Crippen LogP contribution in [0, 0.1) is 0 Å². The van der Waals surface area contributed by atoms with E-state index in [0.29, 0.717) is 13.2 Å². The van der Waals surface area contributed by atoms with Gasteiger partial charge in [0, 0.05) is 7.11 Å². The molecule has 0 aliphatic carbocycles. The second kappa shape index (κ2) is 15.6. The summed E-state index contributed by atoms with van der Waals surface area (Å²) in [7, 11) is 1.63. The molecule has 0 aromatic rings. The molecule has 9 heavy (non-hydrogen) atoms. The fraction of sp³-hybridized carbons (Fsp3) is 0.714. The van der Waals surface area contributed by atoms with Crippen LogP contribution in [0.15, 0.2) is 12.8 Å². The summed E-state index contributed by atoms with van der Waals surface area (Å²) in [6, 6.07) is 0. The minimum absolute atomic E-state index is 0.597. The third kappa shape index (κ3) is 18.5. The van der Waals surface area contributed by atoms with Crippen molar-refractivity contribution in [3.05, 3.63) is 12.8 Å². The highest BCUT2D eigenvalue weighted by Crippen LogP contribution is 1.72. The van der Waals surface area contributed by atoms with Gasteiger partial charge >= 0.3 is 0 Å². The average molecular weight is 132 g/mol. The van der Waals surface area contributed by atoms with E-state index in [1.165, 1.54) is 6.26 Å². The van der Waals surface area contributed by atoms with Crippen molar-refractivity contribution >= 4 is 0 Å². The molecule has 2 heteroatoms. The van der Waals surface area contributed by atoms with Gasteiger partial charge in [0.05, 0.1) is 12.9 Å². The van der Waals surface area contributed by atoms with Crippen molar-refractivity contribution in [1.29, 1.82) is 0 Å². The molecule has 56 valence electrons. The van der Waals surface area contributed by atoms with Crippen molar-refractivity contribution < 1.29 is 9.47 Å². The summed E-state index contributed by atoms with van der Waals surface area (Å²) >= 11 is 0. The molecule has 0 aromatic carbocycles. The molecule has 0 rings (SSSR count). The van der Waals surface area contributed by atoms with Crippen molar-refractivity contribution in [2.45, 2.75) is 13.8 Å². The third-order valence-electron chi connectivity index (χ3n) is 0.523. The van der Waals surface area contributed by atoms with E-state index in [1.807, 2.05) is 13.8 Å². The van der Waals surface area contributed by atoms with Crippen LogP contribution in [0.3, 0.4) is 0 Å². The Bertz CT molecular complexity index is 44.2. The smallest absolute Gasteiger partial charge is 0.111 e. The van der Waals surface area contributed by atoms with Crippen molar-refractivity contribution in [1.82, 2.24) is 0 Å². The van der Waals surface area contributed by atoms with E-state index in [4.69, 9.17) is 4.74 Å². The zero-order valence-electron chi connectivity index (χ0n) is 6.52. The molecule has 2 nitrogen and oxygen atoms in total. The largest absolute Gasteiger partial charge is 0.499 e. The van der Waals surface area contributed by atoms with Gasteiger partial charge in [-0.1, -0.05) is 20.4 Å². The van der Waals surface area contributed by atoms with Gasteiger partial charge in [-0.25, -0.2) is 0 Å². The highest BCUT2D eigenvalue weighted by atomic mass is 16.5. The first-order chi connectivity index (χ1) is 4.41. The molecule has 0 heterocycles. The van der Waals surface area contributed by atoms with Crippen LogP contribution in [0.25, 0.3) is 0 Å². The lowest BCUT2D eigenvalue weighted by molar-refractivity contribution is 0.124. The maximum Gasteiger partial charge on any atom is 0.111 e. The Labute approximate surface area is 57.5 Å². The summed E-state index contributed by atoms with van der Waals surface area (Å²) in [5, 5.41) is 0. The SMILES string of the molecule is C=COCCOC.CC. The zero-order chi connectivity index (χ0) is 7.54. The van der Waals surface area contributed by atoms with Crippen molar-refractivity contribution in [2.75, 3.05) is 20.3 Å².